The Kier molecular flexibility index (Phi) is 1.91. The van der Waals surface area contributed by atoms with Crippen molar-refractivity contribution in [2.45, 2.75) is 0 Å². The van der Waals surface area contributed by atoms with Gasteiger partial charge >= 0.3 is 0 Å². The van der Waals surface area contributed by atoms with Crippen LogP contribution in [0.4, 0.5) is 0 Å². The van der Waals surface area contributed by atoms with Crippen LogP contribution in [0.5, 0.6) is 5.75 Å². The van der Waals surface area contributed by atoms with Crippen LogP contribution in [0.25, 0.3) is 11.1 Å². The fraction of sp³-hybridized carbons (Fsp3) is 0. The van der Waals surface area contributed by atoms with Crippen LogP contribution in [0, 0.1) is 0 Å². The molecule has 0 bridgehead atoms. The van der Waals surface area contributed by atoms with E-state index in [2.05, 4.69) is 15.9 Å². The van der Waals surface area contributed by atoms with E-state index in [1.54, 1.807) is 12.1 Å². The van der Waals surface area contributed by atoms with Gasteiger partial charge in [-0.25, -0.2) is 0 Å². The van der Waals surface area contributed by atoms with Gasteiger partial charge in [-0.3, -0.25) is 4.79 Å². The van der Waals surface area contributed by atoms with Gasteiger partial charge < -0.3 is 5.11 Å². The molecule has 0 atom stereocenters. The summed E-state index contributed by atoms with van der Waals surface area (Å²) in [6.07, 6.45) is 0. The number of hydrogen-bond acceptors (Lipinski definition) is 2. The summed E-state index contributed by atoms with van der Waals surface area (Å²) in [7, 11) is 0. The van der Waals surface area contributed by atoms with Crippen molar-refractivity contribution >= 4 is 21.7 Å². The maximum atomic E-state index is 12.1. The van der Waals surface area contributed by atoms with Gasteiger partial charge in [-0.15, -0.1) is 0 Å². The van der Waals surface area contributed by atoms with Crippen LogP contribution in [0.2, 0.25) is 0 Å². The Labute approximate surface area is 101 Å². The van der Waals surface area contributed by atoms with E-state index < -0.39 is 0 Å². The van der Waals surface area contributed by atoms with Gasteiger partial charge in [0.25, 0.3) is 0 Å². The Balaban J connectivity index is 2.39. The minimum atomic E-state index is -0.0339. The molecule has 0 fully saturated rings. The molecule has 0 saturated carbocycles. The molecule has 0 spiro atoms. The Morgan fingerprint density at radius 3 is 2.62 bits per heavy atom. The highest BCUT2D eigenvalue weighted by atomic mass is 79.9. The second-order valence-electron chi connectivity index (χ2n) is 3.72. The quantitative estimate of drug-likeness (QED) is 0.683. The molecular weight excluding hydrogens is 268 g/mol. The van der Waals surface area contributed by atoms with E-state index in [-0.39, 0.29) is 11.5 Å². The lowest BCUT2D eigenvalue weighted by atomic mass is 10.1. The zero-order valence-electron chi connectivity index (χ0n) is 8.20. The van der Waals surface area contributed by atoms with Gasteiger partial charge in [0.1, 0.15) is 5.75 Å². The zero-order chi connectivity index (χ0) is 11.3. The molecule has 0 aliphatic heterocycles. The SMILES string of the molecule is O=C1c2cc(O)ccc2-c2cccc(Br)c21. The van der Waals surface area contributed by atoms with Crippen LogP contribution >= 0.6 is 15.9 Å². The molecule has 0 amide bonds. The van der Waals surface area contributed by atoms with Gasteiger partial charge in [0.05, 0.1) is 0 Å². The topological polar surface area (TPSA) is 37.3 Å². The fourth-order valence-electron chi connectivity index (χ4n) is 2.07. The molecule has 0 unspecified atom stereocenters. The van der Waals surface area contributed by atoms with Crippen LogP contribution in [0.15, 0.2) is 40.9 Å². The number of carbonyl (C=O) groups excluding carboxylic acids is 1. The lowest BCUT2D eigenvalue weighted by molar-refractivity contribution is 0.104. The van der Waals surface area contributed by atoms with Crippen LogP contribution in [0.1, 0.15) is 15.9 Å². The summed E-state index contributed by atoms with van der Waals surface area (Å²) in [5.41, 5.74) is 3.07. The molecule has 0 radical (unpaired) electrons. The van der Waals surface area contributed by atoms with Crippen molar-refractivity contribution in [1.29, 1.82) is 0 Å². The third-order valence-electron chi connectivity index (χ3n) is 2.78. The normalized spacial score (nSPS) is 12.4. The van der Waals surface area contributed by atoms with Crippen molar-refractivity contribution in [3.8, 4) is 16.9 Å². The van der Waals surface area contributed by atoms with Gasteiger partial charge in [-0.1, -0.05) is 28.1 Å². The molecule has 1 aliphatic carbocycles. The highest BCUT2D eigenvalue weighted by Crippen LogP contribution is 2.40. The number of benzene rings is 2. The molecule has 1 aliphatic rings. The number of phenols is 1. The number of aromatic hydroxyl groups is 1. The maximum absolute atomic E-state index is 12.1. The average molecular weight is 275 g/mol. The fourth-order valence-corrected chi connectivity index (χ4v) is 2.62. The van der Waals surface area contributed by atoms with E-state index >= 15 is 0 Å². The van der Waals surface area contributed by atoms with Crippen LogP contribution in [-0.2, 0) is 0 Å². The molecule has 2 aromatic carbocycles. The Hall–Kier alpha value is -1.61. The van der Waals surface area contributed by atoms with E-state index in [1.807, 2.05) is 18.2 Å². The summed E-state index contributed by atoms with van der Waals surface area (Å²) in [5, 5.41) is 9.40. The Morgan fingerprint density at radius 2 is 1.81 bits per heavy atom. The van der Waals surface area contributed by atoms with E-state index in [0.29, 0.717) is 11.1 Å². The first-order chi connectivity index (χ1) is 7.68. The number of carbonyl (C=O) groups is 1. The van der Waals surface area contributed by atoms with Gasteiger partial charge in [-0.05, 0) is 35.4 Å². The van der Waals surface area contributed by atoms with Crippen LogP contribution < -0.4 is 0 Å². The van der Waals surface area contributed by atoms with Crippen molar-refractivity contribution < 1.29 is 9.90 Å². The van der Waals surface area contributed by atoms with Gasteiger partial charge in [0.15, 0.2) is 5.78 Å². The largest absolute Gasteiger partial charge is 0.508 e. The number of rotatable bonds is 0. The van der Waals surface area contributed by atoms with Gasteiger partial charge in [0, 0.05) is 15.6 Å². The smallest absolute Gasteiger partial charge is 0.195 e. The molecule has 0 aromatic heterocycles. The molecule has 0 heterocycles. The monoisotopic (exact) mass is 274 g/mol. The predicted octanol–water partition coefficient (Wildman–Crippen LogP) is 3.37. The third-order valence-corrected chi connectivity index (χ3v) is 3.44. The summed E-state index contributed by atoms with van der Waals surface area (Å²) >= 11 is 3.38. The van der Waals surface area contributed by atoms with E-state index in [0.717, 1.165) is 15.6 Å². The maximum Gasteiger partial charge on any atom is 0.195 e. The second kappa shape index (κ2) is 3.19. The second-order valence-corrected chi connectivity index (χ2v) is 4.58. The summed E-state index contributed by atoms with van der Waals surface area (Å²) < 4.78 is 0.797. The lowest BCUT2D eigenvalue weighted by Gasteiger charge is -2.00. The molecule has 2 aromatic rings. The van der Waals surface area contributed by atoms with Crippen molar-refractivity contribution in [1.82, 2.24) is 0 Å². The standard InChI is InChI=1S/C13H7BrO2/c14-11-3-1-2-9-8-5-4-7(15)6-10(8)13(16)12(9)11/h1-6,15H. The number of hydrogen-bond donors (Lipinski definition) is 1. The van der Waals surface area contributed by atoms with Crippen molar-refractivity contribution in [2.24, 2.45) is 0 Å². The molecule has 0 saturated heterocycles. The lowest BCUT2D eigenvalue weighted by Crippen LogP contribution is -1.95. The number of halogens is 1. The van der Waals surface area contributed by atoms with Gasteiger partial charge in [-0.2, -0.15) is 0 Å². The number of ketones is 1. The third kappa shape index (κ3) is 1.15. The zero-order valence-corrected chi connectivity index (χ0v) is 9.78. The molecule has 3 rings (SSSR count). The van der Waals surface area contributed by atoms with Crippen molar-refractivity contribution in [3.63, 3.8) is 0 Å². The van der Waals surface area contributed by atoms with E-state index in [4.69, 9.17) is 0 Å². The summed E-state index contributed by atoms with van der Waals surface area (Å²) in [5.74, 6) is 0.0874. The van der Waals surface area contributed by atoms with Crippen molar-refractivity contribution in [2.75, 3.05) is 0 Å². The Morgan fingerprint density at radius 1 is 1.00 bits per heavy atom. The van der Waals surface area contributed by atoms with Crippen LogP contribution in [0.3, 0.4) is 0 Å². The minimum Gasteiger partial charge on any atom is -0.508 e. The first-order valence-corrected chi connectivity index (χ1v) is 5.64. The number of fused-ring (bicyclic) bond motifs is 3. The first-order valence-electron chi connectivity index (χ1n) is 4.85. The Bertz CT molecular complexity index is 617. The molecule has 3 heteroatoms. The summed E-state index contributed by atoms with van der Waals surface area (Å²) in [4.78, 5) is 12.1. The first kappa shape index (κ1) is 9.60. The molecular formula is C13H7BrO2. The van der Waals surface area contributed by atoms with Gasteiger partial charge in [0.2, 0.25) is 0 Å². The minimum absolute atomic E-state index is 0.0339. The highest BCUT2D eigenvalue weighted by molar-refractivity contribution is 9.10. The number of phenolic OH excluding ortho intramolecular Hbond substituents is 1. The molecule has 1 N–H and O–H groups in total. The molecule has 78 valence electrons. The predicted molar refractivity (Wildman–Crippen MR) is 64.7 cm³/mol. The molecule has 16 heavy (non-hydrogen) atoms. The van der Waals surface area contributed by atoms with Crippen molar-refractivity contribution in [3.05, 3.63) is 52.0 Å². The van der Waals surface area contributed by atoms with E-state index in [1.165, 1.54) is 6.07 Å². The van der Waals surface area contributed by atoms with E-state index in [9.17, 15) is 9.90 Å². The highest BCUT2D eigenvalue weighted by Gasteiger charge is 2.28. The van der Waals surface area contributed by atoms with Crippen LogP contribution in [-0.4, -0.2) is 10.9 Å². The summed E-state index contributed by atoms with van der Waals surface area (Å²) in [6, 6.07) is 10.6. The molecule has 2 nitrogen and oxygen atoms in total. The summed E-state index contributed by atoms with van der Waals surface area (Å²) in [6.45, 7) is 0. The average Bonchev–Trinajstić information content (AvgIpc) is 2.54.